The van der Waals surface area contributed by atoms with E-state index in [1.165, 1.54) is 22.3 Å². The summed E-state index contributed by atoms with van der Waals surface area (Å²) in [6, 6.07) is 10.6. The van der Waals surface area contributed by atoms with Gasteiger partial charge in [0, 0.05) is 19.0 Å². The topological polar surface area (TPSA) is 34.2 Å². The molecule has 1 aliphatic rings. The van der Waals surface area contributed by atoms with Crippen LogP contribution in [0.15, 0.2) is 42.7 Å². The van der Waals surface area contributed by atoms with Crippen LogP contribution in [0, 0.1) is 0 Å². The second-order valence-electron chi connectivity index (χ2n) is 4.84. The SMILES string of the molecule is CNC.c1cc2c(c(-c3ccncc3)c1)CCCOC2. The molecule has 0 unspecified atom stereocenters. The quantitative estimate of drug-likeness (QED) is 0.865. The third-order valence-electron chi connectivity index (χ3n) is 3.24. The van der Waals surface area contributed by atoms with Gasteiger partial charge in [-0.25, -0.2) is 0 Å². The number of pyridine rings is 1. The number of aromatic nitrogens is 1. The van der Waals surface area contributed by atoms with Gasteiger partial charge < -0.3 is 10.1 Å². The molecule has 1 aromatic carbocycles. The molecule has 2 heterocycles. The highest BCUT2D eigenvalue weighted by Crippen LogP contribution is 2.28. The molecule has 0 aliphatic carbocycles. The fourth-order valence-corrected chi connectivity index (χ4v) is 2.40. The predicted octanol–water partition coefficient (Wildman–Crippen LogP) is 3.05. The molecule has 0 bridgehead atoms. The lowest BCUT2D eigenvalue weighted by atomic mass is 9.94. The van der Waals surface area contributed by atoms with Crippen LogP contribution in [0.4, 0.5) is 0 Å². The van der Waals surface area contributed by atoms with Gasteiger partial charge in [0.1, 0.15) is 0 Å². The summed E-state index contributed by atoms with van der Waals surface area (Å²) in [5.74, 6) is 0. The van der Waals surface area contributed by atoms with Crippen LogP contribution in [0.25, 0.3) is 11.1 Å². The summed E-state index contributed by atoms with van der Waals surface area (Å²) in [5.41, 5.74) is 5.35. The molecule has 0 radical (unpaired) electrons. The van der Waals surface area contributed by atoms with Crippen LogP contribution in [0.1, 0.15) is 17.5 Å². The second-order valence-corrected chi connectivity index (χ2v) is 4.84. The van der Waals surface area contributed by atoms with Crippen molar-refractivity contribution in [2.24, 2.45) is 0 Å². The van der Waals surface area contributed by atoms with Crippen LogP contribution in [0.3, 0.4) is 0 Å². The Labute approximate surface area is 121 Å². The third-order valence-corrected chi connectivity index (χ3v) is 3.24. The first kappa shape index (κ1) is 14.7. The van der Waals surface area contributed by atoms with Gasteiger partial charge in [-0.1, -0.05) is 18.2 Å². The maximum Gasteiger partial charge on any atom is 0.0719 e. The van der Waals surface area contributed by atoms with Crippen LogP contribution < -0.4 is 5.32 Å². The van der Waals surface area contributed by atoms with Crippen LogP contribution in [-0.4, -0.2) is 25.7 Å². The summed E-state index contributed by atoms with van der Waals surface area (Å²) in [5, 5.41) is 2.75. The van der Waals surface area contributed by atoms with Crippen LogP contribution >= 0.6 is 0 Å². The van der Waals surface area contributed by atoms with Crippen molar-refractivity contribution in [3.8, 4) is 11.1 Å². The largest absolute Gasteiger partial charge is 0.377 e. The summed E-state index contributed by atoms with van der Waals surface area (Å²) < 4.78 is 5.60. The molecule has 0 saturated carbocycles. The van der Waals surface area contributed by atoms with Gasteiger partial charge in [-0.15, -0.1) is 0 Å². The lowest BCUT2D eigenvalue weighted by Crippen LogP contribution is -1.95. The third kappa shape index (κ3) is 3.65. The molecule has 0 saturated heterocycles. The molecule has 20 heavy (non-hydrogen) atoms. The van der Waals surface area contributed by atoms with Crippen molar-refractivity contribution in [1.82, 2.24) is 10.3 Å². The van der Waals surface area contributed by atoms with Gasteiger partial charge in [-0.3, -0.25) is 4.98 Å². The maximum absolute atomic E-state index is 5.60. The van der Waals surface area contributed by atoms with Gasteiger partial charge in [0.2, 0.25) is 0 Å². The number of nitrogens with zero attached hydrogens (tertiary/aromatic N) is 1. The number of hydrogen-bond acceptors (Lipinski definition) is 3. The zero-order chi connectivity index (χ0) is 14.2. The van der Waals surface area contributed by atoms with E-state index in [-0.39, 0.29) is 0 Å². The molecule has 3 rings (SSSR count). The van der Waals surface area contributed by atoms with E-state index in [2.05, 4.69) is 40.6 Å². The van der Waals surface area contributed by atoms with Crippen molar-refractivity contribution in [3.63, 3.8) is 0 Å². The highest BCUT2D eigenvalue weighted by Gasteiger charge is 2.12. The number of benzene rings is 1. The zero-order valence-corrected chi connectivity index (χ0v) is 12.2. The zero-order valence-electron chi connectivity index (χ0n) is 12.2. The van der Waals surface area contributed by atoms with E-state index >= 15 is 0 Å². The number of hydrogen-bond donors (Lipinski definition) is 1. The Morgan fingerprint density at radius 3 is 2.60 bits per heavy atom. The number of nitrogens with one attached hydrogen (secondary N) is 1. The molecule has 0 amide bonds. The van der Waals surface area contributed by atoms with E-state index < -0.39 is 0 Å². The van der Waals surface area contributed by atoms with Crippen molar-refractivity contribution < 1.29 is 4.74 Å². The molecule has 0 spiro atoms. The molecule has 106 valence electrons. The van der Waals surface area contributed by atoms with E-state index in [1.54, 1.807) is 0 Å². The Balaban J connectivity index is 0.000000452. The van der Waals surface area contributed by atoms with E-state index in [9.17, 15) is 0 Å². The fourth-order valence-electron chi connectivity index (χ4n) is 2.40. The monoisotopic (exact) mass is 270 g/mol. The predicted molar refractivity (Wildman–Crippen MR) is 82.6 cm³/mol. The van der Waals surface area contributed by atoms with Crippen LogP contribution in [0.2, 0.25) is 0 Å². The molecular formula is C17H22N2O. The first-order chi connectivity index (χ1) is 9.86. The Morgan fingerprint density at radius 1 is 1.10 bits per heavy atom. The molecular weight excluding hydrogens is 248 g/mol. The summed E-state index contributed by atoms with van der Waals surface area (Å²) >= 11 is 0. The molecule has 0 atom stereocenters. The second kappa shape index (κ2) is 7.78. The van der Waals surface area contributed by atoms with Crippen molar-refractivity contribution in [3.05, 3.63) is 53.9 Å². The van der Waals surface area contributed by atoms with Crippen molar-refractivity contribution in [1.29, 1.82) is 0 Å². The highest BCUT2D eigenvalue weighted by molar-refractivity contribution is 5.68. The van der Waals surface area contributed by atoms with Gasteiger partial charge in [0.05, 0.1) is 6.61 Å². The van der Waals surface area contributed by atoms with Crippen molar-refractivity contribution in [2.45, 2.75) is 19.4 Å². The molecule has 1 N–H and O–H groups in total. The number of fused-ring (bicyclic) bond motifs is 1. The van der Waals surface area contributed by atoms with E-state index in [0.717, 1.165) is 26.1 Å². The summed E-state index contributed by atoms with van der Waals surface area (Å²) in [4.78, 5) is 4.08. The van der Waals surface area contributed by atoms with E-state index in [0.29, 0.717) is 0 Å². The van der Waals surface area contributed by atoms with Crippen molar-refractivity contribution in [2.75, 3.05) is 20.7 Å². The van der Waals surface area contributed by atoms with Crippen LogP contribution in [0.5, 0.6) is 0 Å². The highest BCUT2D eigenvalue weighted by atomic mass is 16.5. The average Bonchev–Trinajstić information content (AvgIpc) is 2.74. The minimum absolute atomic E-state index is 0.744. The van der Waals surface area contributed by atoms with Gasteiger partial charge in [-0.2, -0.15) is 0 Å². The fraction of sp³-hybridized carbons (Fsp3) is 0.353. The summed E-state index contributed by atoms with van der Waals surface area (Å²) in [7, 11) is 3.75. The molecule has 3 nitrogen and oxygen atoms in total. The standard InChI is InChI=1S/C15H15NO.C2H7N/c1-3-13-11-17-10-2-5-15(13)14(4-1)12-6-8-16-9-7-12;1-3-2/h1,3-4,6-9H,2,5,10-11H2;3H,1-2H3. The first-order valence-corrected chi connectivity index (χ1v) is 7.04. The smallest absolute Gasteiger partial charge is 0.0719 e. The Hall–Kier alpha value is -1.71. The summed E-state index contributed by atoms with van der Waals surface area (Å²) in [6.07, 6.45) is 5.91. The average molecular weight is 270 g/mol. The molecule has 2 aromatic rings. The van der Waals surface area contributed by atoms with Crippen LogP contribution in [-0.2, 0) is 17.8 Å². The first-order valence-electron chi connectivity index (χ1n) is 7.04. The maximum atomic E-state index is 5.60. The lowest BCUT2D eigenvalue weighted by molar-refractivity contribution is 0.125. The Morgan fingerprint density at radius 2 is 1.85 bits per heavy atom. The van der Waals surface area contributed by atoms with E-state index in [4.69, 9.17) is 4.74 Å². The van der Waals surface area contributed by atoms with Gasteiger partial charge in [0.25, 0.3) is 0 Å². The lowest BCUT2D eigenvalue weighted by Gasteiger charge is -2.11. The minimum Gasteiger partial charge on any atom is -0.377 e. The summed E-state index contributed by atoms with van der Waals surface area (Å²) in [6.45, 7) is 1.61. The Kier molecular flexibility index (Phi) is 5.71. The number of rotatable bonds is 1. The molecule has 1 aromatic heterocycles. The number of ether oxygens (including phenoxy) is 1. The molecule has 0 fully saturated rings. The van der Waals surface area contributed by atoms with Gasteiger partial charge in [0.15, 0.2) is 0 Å². The van der Waals surface area contributed by atoms with Crippen molar-refractivity contribution >= 4 is 0 Å². The van der Waals surface area contributed by atoms with Gasteiger partial charge >= 0.3 is 0 Å². The molecule has 3 heteroatoms. The normalized spacial score (nSPS) is 13.7. The van der Waals surface area contributed by atoms with Gasteiger partial charge in [-0.05, 0) is 61.3 Å². The minimum atomic E-state index is 0.744. The Bertz CT molecular complexity index is 526. The molecule has 1 aliphatic heterocycles. The van der Waals surface area contributed by atoms with E-state index in [1.807, 2.05) is 26.5 Å².